The quantitative estimate of drug-likeness (QED) is 0.421. The third kappa shape index (κ3) is 4.27. The second-order valence-corrected chi connectivity index (χ2v) is 9.98. The van der Waals surface area contributed by atoms with Gasteiger partial charge in [-0.15, -0.1) is 0 Å². The van der Waals surface area contributed by atoms with Gasteiger partial charge in [0.15, 0.2) is 5.65 Å². The molecule has 0 amide bonds. The maximum Gasteiger partial charge on any atom is 0.243 e. The monoisotopic (exact) mass is 481 g/mol. The van der Waals surface area contributed by atoms with E-state index in [0.29, 0.717) is 44.1 Å². The Hall–Kier alpha value is -3.34. The summed E-state index contributed by atoms with van der Waals surface area (Å²) in [7, 11) is -2.03. The highest BCUT2D eigenvalue weighted by Gasteiger charge is 2.29. The van der Waals surface area contributed by atoms with Crippen LogP contribution < -0.4 is 4.74 Å². The molecular weight excluding hydrogens is 457 g/mol. The third-order valence-corrected chi connectivity index (χ3v) is 7.88. The largest absolute Gasteiger partial charge is 0.497 e. The molecule has 0 saturated carbocycles. The highest BCUT2D eigenvalue weighted by atomic mass is 32.2. The molecule has 0 N–H and O–H groups in total. The first-order valence-electron chi connectivity index (χ1n) is 10.9. The van der Waals surface area contributed by atoms with Gasteiger partial charge in [0.2, 0.25) is 10.0 Å². The van der Waals surface area contributed by atoms with E-state index in [4.69, 9.17) is 9.72 Å². The number of benzene rings is 2. The number of pyridine rings is 1. The van der Waals surface area contributed by atoms with E-state index >= 15 is 0 Å². The summed E-state index contributed by atoms with van der Waals surface area (Å²) in [5.74, 6) is 1.07. The lowest BCUT2D eigenvalue weighted by molar-refractivity contribution is 0.177. The summed E-state index contributed by atoms with van der Waals surface area (Å²) in [5, 5.41) is 0. The second-order valence-electron chi connectivity index (χ2n) is 8.04. The molecule has 8 nitrogen and oxygen atoms in total. The molecule has 0 atom stereocenters. The van der Waals surface area contributed by atoms with Gasteiger partial charge in [-0.3, -0.25) is 9.47 Å². The first-order chi connectivity index (χ1) is 16.5. The number of sulfonamides is 1. The number of nitrogens with zero attached hydrogens (tertiary/aromatic N) is 5. The van der Waals surface area contributed by atoms with Crippen LogP contribution in [-0.2, 0) is 16.6 Å². The number of hydrogen-bond donors (Lipinski definition) is 0. The molecule has 34 heavy (non-hydrogen) atoms. The number of methoxy groups -OCH3 is 1. The molecule has 0 aliphatic carbocycles. The smallest absolute Gasteiger partial charge is 0.243 e. The summed E-state index contributed by atoms with van der Waals surface area (Å²) in [6.45, 7) is 2.40. The molecule has 10 heteroatoms. The van der Waals surface area contributed by atoms with E-state index in [2.05, 4.69) is 9.88 Å². The van der Waals surface area contributed by atoms with Crippen molar-refractivity contribution < 1.29 is 17.5 Å². The van der Waals surface area contributed by atoms with Crippen LogP contribution in [0.25, 0.3) is 16.9 Å². The molecule has 2 aromatic heterocycles. The SMILES string of the molecule is COc1ccc(S(=O)(=O)N2CCN(Cc3nc4cccnc4n3-c3ccc(F)cc3)CC2)cc1. The van der Waals surface area contributed by atoms with Crippen LogP contribution in [-0.4, -0.2) is 65.4 Å². The van der Waals surface area contributed by atoms with Crippen LogP contribution >= 0.6 is 0 Å². The van der Waals surface area contributed by atoms with Crippen molar-refractivity contribution in [2.75, 3.05) is 33.3 Å². The maximum atomic E-state index is 13.5. The first kappa shape index (κ1) is 22.5. The Bertz CT molecular complexity index is 1400. The van der Waals surface area contributed by atoms with Crippen molar-refractivity contribution >= 4 is 21.2 Å². The molecule has 2 aromatic carbocycles. The summed E-state index contributed by atoms with van der Waals surface area (Å²) in [6.07, 6.45) is 1.70. The fraction of sp³-hybridized carbons (Fsp3) is 0.250. The summed E-state index contributed by atoms with van der Waals surface area (Å²) in [5.41, 5.74) is 2.23. The Kier molecular flexibility index (Phi) is 6.03. The van der Waals surface area contributed by atoms with Crippen molar-refractivity contribution in [2.24, 2.45) is 0 Å². The van der Waals surface area contributed by atoms with Crippen molar-refractivity contribution in [3.8, 4) is 11.4 Å². The van der Waals surface area contributed by atoms with Crippen molar-refractivity contribution in [3.63, 3.8) is 0 Å². The molecule has 176 valence electrons. The Morgan fingerprint density at radius 1 is 0.971 bits per heavy atom. The molecule has 0 bridgehead atoms. The van der Waals surface area contributed by atoms with Gasteiger partial charge < -0.3 is 4.74 Å². The van der Waals surface area contributed by atoms with E-state index in [1.807, 2.05) is 16.7 Å². The van der Waals surface area contributed by atoms with Gasteiger partial charge in [-0.2, -0.15) is 4.31 Å². The number of rotatable bonds is 6. The molecule has 0 unspecified atom stereocenters. The molecule has 4 aromatic rings. The Labute approximate surface area is 197 Å². The van der Waals surface area contributed by atoms with Gasteiger partial charge in [-0.25, -0.2) is 22.8 Å². The molecule has 1 aliphatic rings. The minimum absolute atomic E-state index is 0.255. The lowest BCUT2D eigenvalue weighted by atomic mass is 10.3. The van der Waals surface area contributed by atoms with E-state index in [1.54, 1.807) is 49.7 Å². The maximum absolute atomic E-state index is 13.5. The Morgan fingerprint density at radius 3 is 2.35 bits per heavy atom. The predicted molar refractivity (Wildman–Crippen MR) is 126 cm³/mol. The van der Waals surface area contributed by atoms with Crippen LogP contribution in [0, 0.1) is 5.82 Å². The zero-order valence-electron chi connectivity index (χ0n) is 18.6. The minimum Gasteiger partial charge on any atom is -0.497 e. The first-order valence-corrected chi connectivity index (χ1v) is 12.3. The van der Waals surface area contributed by atoms with Gasteiger partial charge in [0, 0.05) is 38.1 Å². The number of halogens is 1. The molecule has 5 rings (SSSR count). The molecule has 3 heterocycles. The number of piperazine rings is 1. The average molecular weight is 482 g/mol. The summed E-state index contributed by atoms with van der Waals surface area (Å²) in [4.78, 5) is 11.7. The fourth-order valence-corrected chi connectivity index (χ4v) is 5.57. The Morgan fingerprint density at radius 2 is 1.68 bits per heavy atom. The predicted octanol–water partition coefficient (Wildman–Crippen LogP) is 3.07. The minimum atomic E-state index is -3.57. The molecule has 1 aliphatic heterocycles. The summed E-state index contributed by atoms with van der Waals surface area (Å²) < 4.78 is 48.2. The standard InChI is InChI=1S/C24H24FN5O3S/c1-33-20-8-10-21(11-9-20)34(31,32)29-15-13-28(14-16-29)17-23-27-22-3-2-12-26-24(22)30(23)19-6-4-18(25)5-7-19/h2-12H,13-17H2,1H3. The number of aromatic nitrogens is 3. The molecule has 1 fully saturated rings. The fourth-order valence-electron chi connectivity index (χ4n) is 4.15. The second kappa shape index (κ2) is 9.13. The van der Waals surface area contributed by atoms with Crippen molar-refractivity contribution in [2.45, 2.75) is 11.4 Å². The van der Waals surface area contributed by atoms with Crippen molar-refractivity contribution in [3.05, 3.63) is 78.5 Å². The lowest BCUT2D eigenvalue weighted by Crippen LogP contribution is -2.48. The van der Waals surface area contributed by atoms with Crippen LogP contribution in [0.1, 0.15) is 5.82 Å². The zero-order valence-corrected chi connectivity index (χ0v) is 19.4. The zero-order chi connectivity index (χ0) is 23.7. The van der Waals surface area contributed by atoms with Gasteiger partial charge in [0.1, 0.15) is 22.9 Å². The lowest BCUT2D eigenvalue weighted by Gasteiger charge is -2.33. The molecule has 0 radical (unpaired) electrons. The van der Waals surface area contributed by atoms with E-state index in [-0.39, 0.29) is 10.7 Å². The summed E-state index contributed by atoms with van der Waals surface area (Å²) >= 11 is 0. The normalized spacial score (nSPS) is 15.6. The highest BCUT2D eigenvalue weighted by molar-refractivity contribution is 7.89. The van der Waals surface area contributed by atoms with Crippen molar-refractivity contribution in [1.29, 1.82) is 0 Å². The van der Waals surface area contributed by atoms with Gasteiger partial charge in [0.05, 0.1) is 18.6 Å². The van der Waals surface area contributed by atoms with E-state index in [1.165, 1.54) is 16.4 Å². The van der Waals surface area contributed by atoms with Crippen LogP contribution in [0.4, 0.5) is 4.39 Å². The number of fused-ring (bicyclic) bond motifs is 1. The van der Waals surface area contributed by atoms with Crippen LogP contribution in [0.5, 0.6) is 5.75 Å². The summed E-state index contributed by atoms with van der Waals surface area (Å²) in [6, 6.07) is 16.4. The van der Waals surface area contributed by atoms with Crippen LogP contribution in [0.15, 0.2) is 71.8 Å². The average Bonchev–Trinajstić information content (AvgIpc) is 3.22. The van der Waals surface area contributed by atoms with Gasteiger partial charge >= 0.3 is 0 Å². The number of imidazole rings is 1. The van der Waals surface area contributed by atoms with E-state index in [9.17, 15) is 12.8 Å². The highest BCUT2D eigenvalue weighted by Crippen LogP contribution is 2.24. The van der Waals surface area contributed by atoms with Crippen LogP contribution in [0.2, 0.25) is 0 Å². The van der Waals surface area contributed by atoms with Gasteiger partial charge in [-0.05, 0) is 60.7 Å². The van der Waals surface area contributed by atoms with E-state index in [0.717, 1.165) is 17.0 Å². The molecule has 1 saturated heterocycles. The molecule has 0 spiro atoms. The molecular formula is C24H24FN5O3S. The topological polar surface area (TPSA) is 80.6 Å². The Balaban J connectivity index is 1.34. The van der Waals surface area contributed by atoms with Crippen LogP contribution in [0.3, 0.4) is 0 Å². The third-order valence-electron chi connectivity index (χ3n) is 5.96. The van der Waals surface area contributed by atoms with Gasteiger partial charge in [0.25, 0.3) is 0 Å². The van der Waals surface area contributed by atoms with E-state index < -0.39 is 10.0 Å². The van der Waals surface area contributed by atoms with Crippen molar-refractivity contribution in [1.82, 2.24) is 23.7 Å². The number of ether oxygens (including phenoxy) is 1. The number of hydrogen-bond acceptors (Lipinski definition) is 6. The van der Waals surface area contributed by atoms with Gasteiger partial charge in [-0.1, -0.05) is 0 Å².